The van der Waals surface area contributed by atoms with Gasteiger partial charge in [-0.3, -0.25) is 0 Å². The Hall–Kier alpha value is -1.16. The van der Waals surface area contributed by atoms with Crippen molar-refractivity contribution in [2.24, 2.45) is 5.41 Å². The third kappa shape index (κ3) is 2.27. The van der Waals surface area contributed by atoms with Crippen molar-refractivity contribution < 1.29 is 9.13 Å². The molecule has 1 aliphatic carbocycles. The lowest BCUT2D eigenvalue weighted by molar-refractivity contribution is -0.0977. The Bertz CT molecular complexity index is 395. The van der Waals surface area contributed by atoms with Crippen LogP contribution in [0.15, 0.2) is 18.3 Å². The van der Waals surface area contributed by atoms with Crippen LogP contribution in [-0.2, 0) is 4.74 Å². The van der Waals surface area contributed by atoms with Gasteiger partial charge in [0.1, 0.15) is 0 Å². The highest BCUT2D eigenvalue weighted by molar-refractivity contribution is 5.38. The van der Waals surface area contributed by atoms with Gasteiger partial charge in [-0.1, -0.05) is 13.8 Å². The summed E-state index contributed by atoms with van der Waals surface area (Å²) in [5.41, 5.74) is 0.0139. The summed E-state index contributed by atoms with van der Waals surface area (Å²) in [5.74, 6) is 0.0312. The fraction of sp³-hybridized carbons (Fsp3) is 0.615. The highest BCUT2D eigenvalue weighted by Gasteiger charge is 2.49. The predicted molar refractivity (Wildman–Crippen MR) is 65.4 cm³/mol. The fourth-order valence-electron chi connectivity index (χ4n) is 2.27. The zero-order valence-electron chi connectivity index (χ0n) is 10.5. The monoisotopic (exact) mass is 238 g/mol. The molecule has 1 heterocycles. The van der Waals surface area contributed by atoms with Gasteiger partial charge in [-0.15, -0.1) is 0 Å². The van der Waals surface area contributed by atoms with E-state index in [0.717, 1.165) is 13.0 Å². The zero-order valence-corrected chi connectivity index (χ0v) is 10.5. The average Bonchev–Trinajstić information content (AvgIpc) is 2.30. The van der Waals surface area contributed by atoms with Gasteiger partial charge >= 0.3 is 0 Å². The molecule has 2 atom stereocenters. The van der Waals surface area contributed by atoms with Gasteiger partial charge in [-0.05, 0) is 25.5 Å². The van der Waals surface area contributed by atoms with E-state index in [1.165, 1.54) is 6.07 Å². The van der Waals surface area contributed by atoms with Gasteiger partial charge in [-0.2, -0.15) is 0 Å². The molecule has 1 aromatic heterocycles. The number of hydrogen-bond donors (Lipinski definition) is 1. The van der Waals surface area contributed by atoms with Gasteiger partial charge in [0.05, 0.1) is 6.10 Å². The maximum absolute atomic E-state index is 13.5. The van der Waals surface area contributed by atoms with Gasteiger partial charge in [0, 0.05) is 24.3 Å². The van der Waals surface area contributed by atoms with Crippen LogP contribution in [0.1, 0.15) is 27.2 Å². The summed E-state index contributed by atoms with van der Waals surface area (Å²) in [4.78, 5) is 4.01. The first-order valence-electron chi connectivity index (χ1n) is 6.04. The third-order valence-corrected chi connectivity index (χ3v) is 3.62. The molecule has 0 aliphatic heterocycles. The number of aromatic nitrogens is 1. The van der Waals surface area contributed by atoms with Crippen molar-refractivity contribution >= 4 is 5.82 Å². The fourth-order valence-corrected chi connectivity index (χ4v) is 2.27. The van der Waals surface area contributed by atoms with Crippen LogP contribution in [0.5, 0.6) is 0 Å². The van der Waals surface area contributed by atoms with Crippen molar-refractivity contribution in [1.82, 2.24) is 4.98 Å². The molecule has 0 spiro atoms. The molecule has 2 unspecified atom stereocenters. The van der Waals surface area contributed by atoms with E-state index in [4.69, 9.17) is 4.74 Å². The van der Waals surface area contributed by atoms with E-state index >= 15 is 0 Å². The van der Waals surface area contributed by atoms with Crippen molar-refractivity contribution in [2.75, 3.05) is 11.9 Å². The number of pyridine rings is 1. The molecule has 94 valence electrons. The van der Waals surface area contributed by atoms with Crippen LogP contribution < -0.4 is 5.32 Å². The number of anilines is 1. The maximum Gasteiger partial charge on any atom is 0.165 e. The lowest BCUT2D eigenvalue weighted by Gasteiger charge is -2.51. The Morgan fingerprint density at radius 2 is 2.35 bits per heavy atom. The van der Waals surface area contributed by atoms with Gasteiger partial charge in [0.25, 0.3) is 0 Å². The molecule has 1 aromatic rings. The Morgan fingerprint density at radius 1 is 1.59 bits per heavy atom. The molecule has 4 heteroatoms. The number of nitrogens with zero attached hydrogens (tertiary/aromatic N) is 1. The lowest BCUT2D eigenvalue weighted by atomic mass is 9.64. The summed E-state index contributed by atoms with van der Waals surface area (Å²) < 4.78 is 19.1. The summed E-state index contributed by atoms with van der Waals surface area (Å²) in [6, 6.07) is 3.22. The molecular weight excluding hydrogens is 219 g/mol. The Labute approximate surface area is 101 Å². The summed E-state index contributed by atoms with van der Waals surface area (Å²) in [6.45, 7) is 6.98. The summed E-state index contributed by atoms with van der Waals surface area (Å²) >= 11 is 0. The van der Waals surface area contributed by atoms with Gasteiger partial charge in [-0.25, -0.2) is 9.37 Å². The molecule has 0 saturated heterocycles. The van der Waals surface area contributed by atoms with E-state index in [1.54, 1.807) is 12.3 Å². The standard InChI is InChI=1S/C13H19FN2O/c1-4-17-11-8-10(13(11,2)3)16-12-9(14)6-5-7-15-12/h5-7,10-11H,4,8H2,1-3H3,(H,15,16). The van der Waals surface area contributed by atoms with Crippen molar-refractivity contribution in [3.8, 4) is 0 Å². The normalized spacial score (nSPS) is 26.4. The summed E-state index contributed by atoms with van der Waals surface area (Å²) in [7, 11) is 0. The third-order valence-electron chi connectivity index (χ3n) is 3.62. The van der Waals surface area contributed by atoms with Crippen LogP contribution in [0, 0.1) is 11.2 Å². The second kappa shape index (κ2) is 4.61. The molecule has 3 nitrogen and oxygen atoms in total. The quantitative estimate of drug-likeness (QED) is 0.875. The van der Waals surface area contributed by atoms with Crippen LogP contribution in [0.25, 0.3) is 0 Å². The minimum Gasteiger partial charge on any atom is -0.378 e. The molecule has 1 saturated carbocycles. The highest BCUT2D eigenvalue weighted by Crippen LogP contribution is 2.44. The van der Waals surface area contributed by atoms with E-state index in [0.29, 0.717) is 5.82 Å². The van der Waals surface area contributed by atoms with Crippen LogP contribution >= 0.6 is 0 Å². The first-order valence-corrected chi connectivity index (χ1v) is 6.04. The molecule has 0 amide bonds. The molecule has 0 bridgehead atoms. The van der Waals surface area contributed by atoms with Crippen LogP contribution in [0.2, 0.25) is 0 Å². The maximum atomic E-state index is 13.5. The van der Waals surface area contributed by atoms with Gasteiger partial charge in [0.15, 0.2) is 11.6 Å². The number of halogens is 1. The molecule has 0 radical (unpaired) electrons. The number of nitrogens with one attached hydrogen (secondary N) is 1. The van der Waals surface area contributed by atoms with E-state index in [-0.39, 0.29) is 23.4 Å². The predicted octanol–water partition coefficient (Wildman–Crippen LogP) is 2.84. The molecule has 1 aliphatic rings. The van der Waals surface area contributed by atoms with E-state index in [2.05, 4.69) is 24.1 Å². The molecular formula is C13H19FN2O. The van der Waals surface area contributed by atoms with Crippen molar-refractivity contribution in [3.63, 3.8) is 0 Å². The number of rotatable bonds is 4. The second-order valence-corrected chi connectivity index (χ2v) is 5.03. The van der Waals surface area contributed by atoms with Crippen LogP contribution in [0.4, 0.5) is 10.2 Å². The van der Waals surface area contributed by atoms with Crippen molar-refractivity contribution in [3.05, 3.63) is 24.1 Å². The molecule has 1 N–H and O–H groups in total. The van der Waals surface area contributed by atoms with Crippen LogP contribution in [0.3, 0.4) is 0 Å². The first-order chi connectivity index (χ1) is 8.05. The number of ether oxygens (including phenoxy) is 1. The lowest BCUT2D eigenvalue weighted by Crippen LogP contribution is -2.58. The first kappa shape index (κ1) is 12.3. The van der Waals surface area contributed by atoms with Gasteiger partial charge < -0.3 is 10.1 Å². The topological polar surface area (TPSA) is 34.1 Å². The number of hydrogen-bond acceptors (Lipinski definition) is 3. The van der Waals surface area contributed by atoms with E-state index in [1.807, 2.05) is 6.92 Å². The highest BCUT2D eigenvalue weighted by atomic mass is 19.1. The smallest absolute Gasteiger partial charge is 0.165 e. The minimum absolute atomic E-state index is 0.0139. The Kier molecular flexibility index (Phi) is 3.33. The molecule has 2 rings (SSSR count). The summed E-state index contributed by atoms with van der Waals surface area (Å²) in [6.07, 6.45) is 2.74. The van der Waals surface area contributed by atoms with E-state index < -0.39 is 0 Å². The second-order valence-electron chi connectivity index (χ2n) is 5.03. The average molecular weight is 238 g/mol. The Balaban J connectivity index is 2.01. The van der Waals surface area contributed by atoms with Gasteiger partial charge in [0.2, 0.25) is 0 Å². The minimum atomic E-state index is -0.303. The Morgan fingerprint density at radius 3 is 2.94 bits per heavy atom. The SMILES string of the molecule is CCOC1CC(Nc2ncccc2F)C1(C)C. The molecule has 1 fully saturated rings. The largest absolute Gasteiger partial charge is 0.378 e. The van der Waals surface area contributed by atoms with Crippen molar-refractivity contribution in [2.45, 2.75) is 39.3 Å². The zero-order chi connectivity index (χ0) is 12.5. The molecule has 17 heavy (non-hydrogen) atoms. The summed E-state index contributed by atoms with van der Waals surface area (Å²) in [5, 5.41) is 3.16. The van der Waals surface area contributed by atoms with E-state index in [9.17, 15) is 4.39 Å². The van der Waals surface area contributed by atoms with Crippen LogP contribution in [-0.4, -0.2) is 23.7 Å². The van der Waals surface area contributed by atoms with Crippen molar-refractivity contribution in [1.29, 1.82) is 0 Å². The molecule has 0 aromatic carbocycles.